The molecule has 0 radical (unpaired) electrons. The molecular formula is C22H34ClN3O4SSi. The molecule has 10 heteroatoms. The molecule has 2 aromatic rings. The van der Waals surface area contributed by atoms with E-state index in [4.69, 9.17) is 25.8 Å². The first-order valence-electron chi connectivity index (χ1n) is 10.7. The van der Waals surface area contributed by atoms with Crippen LogP contribution >= 0.6 is 23.4 Å². The fourth-order valence-electron chi connectivity index (χ4n) is 2.77. The molecule has 1 aromatic carbocycles. The second kappa shape index (κ2) is 12.5. The Kier molecular flexibility index (Phi) is 10.4. The van der Waals surface area contributed by atoms with E-state index in [-0.39, 0.29) is 17.3 Å². The molecule has 1 heterocycles. The van der Waals surface area contributed by atoms with Crippen molar-refractivity contribution in [2.45, 2.75) is 57.3 Å². The molecule has 0 aliphatic rings. The summed E-state index contributed by atoms with van der Waals surface area (Å²) in [5.74, 6) is 2.16. The van der Waals surface area contributed by atoms with Crippen molar-refractivity contribution in [2.75, 3.05) is 31.9 Å². The number of benzene rings is 1. The first-order chi connectivity index (χ1) is 15.2. The lowest BCUT2D eigenvalue weighted by molar-refractivity contribution is 0.0737. The van der Waals surface area contributed by atoms with Crippen LogP contribution in [-0.4, -0.2) is 44.4 Å². The first-order valence-corrected chi connectivity index (χ1v) is 15.7. The van der Waals surface area contributed by atoms with Gasteiger partial charge in [0, 0.05) is 21.2 Å². The molecular weight excluding hydrogens is 466 g/mol. The van der Waals surface area contributed by atoms with Gasteiger partial charge in [-0.05, 0) is 35.9 Å². The summed E-state index contributed by atoms with van der Waals surface area (Å²) in [6.07, 6.45) is 0.977. The van der Waals surface area contributed by atoms with E-state index in [9.17, 15) is 4.79 Å². The van der Waals surface area contributed by atoms with E-state index in [1.54, 1.807) is 26.0 Å². The molecule has 0 saturated carbocycles. The topological polar surface area (TPSA) is 74.6 Å². The molecule has 178 valence electrons. The Bertz CT molecular complexity index is 950. The summed E-state index contributed by atoms with van der Waals surface area (Å²) in [6.45, 7) is 10.1. The van der Waals surface area contributed by atoms with Crippen molar-refractivity contribution >= 4 is 37.1 Å². The van der Waals surface area contributed by atoms with Gasteiger partial charge in [-0.2, -0.15) is 5.10 Å². The third kappa shape index (κ3) is 7.72. The van der Waals surface area contributed by atoms with Gasteiger partial charge in [-0.15, -0.1) is 11.8 Å². The SMILES string of the molecule is CCCSc1nn(COCC[Si](C)(C)C)c(=O)c(Cl)c1NCc1ccc(OC)c(OC)c1. The Balaban J connectivity index is 2.22. The number of methoxy groups -OCH3 is 2. The van der Waals surface area contributed by atoms with Gasteiger partial charge in [0.2, 0.25) is 0 Å². The molecule has 0 aliphatic carbocycles. The predicted octanol–water partition coefficient (Wildman–Crippen LogP) is 5.34. The van der Waals surface area contributed by atoms with Gasteiger partial charge in [0.05, 0.1) is 19.9 Å². The van der Waals surface area contributed by atoms with Crippen LogP contribution in [0, 0.1) is 0 Å². The van der Waals surface area contributed by atoms with Gasteiger partial charge in [0.25, 0.3) is 5.56 Å². The maximum atomic E-state index is 12.8. The van der Waals surface area contributed by atoms with E-state index in [1.165, 1.54) is 4.68 Å². The highest BCUT2D eigenvalue weighted by Crippen LogP contribution is 2.32. The zero-order chi connectivity index (χ0) is 23.7. The van der Waals surface area contributed by atoms with Crippen LogP contribution < -0.4 is 20.3 Å². The Morgan fingerprint density at radius 3 is 2.53 bits per heavy atom. The molecule has 0 spiro atoms. The smallest absolute Gasteiger partial charge is 0.289 e. The van der Waals surface area contributed by atoms with Crippen molar-refractivity contribution in [3.8, 4) is 11.5 Å². The zero-order valence-corrected chi connectivity index (χ0v) is 22.4. The second-order valence-corrected chi connectivity index (χ2v) is 15.6. The minimum absolute atomic E-state index is 0.0959. The third-order valence-electron chi connectivity index (χ3n) is 4.64. The van der Waals surface area contributed by atoms with Crippen LogP contribution in [0.3, 0.4) is 0 Å². The number of thioether (sulfide) groups is 1. The molecule has 0 atom stereocenters. The largest absolute Gasteiger partial charge is 0.493 e. The molecule has 1 N–H and O–H groups in total. The summed E-state index contributed by atoms with van der Waals surface area (Å²) in [5.41, 5.74) is 1.14. The van der Waals surface area contributed by atoms with E-state index in [0.717, 1.165) is 23.8 Å². The average molecular weight is 500 g/mol. The van der Waals surface area contributed by atoms with Crippen LogP contribution in [0.25, 0.3) is 0 Å². The Labute approximate surface area is 200 Å². The van der Waals surface area contributed by atoms with Gasteiger partial charge in [-0.25, -0.2) is 4.68 Å². The summed E-state index contributed by atoms with van der Waals surface area (Å²) >= 11 is 8.06. The molecule has 0 bridgehead atoms. The van der Waals surface area contributed by atoms with Gasteiger partial charge >= 0.3 is 0 Å². The molecule has 0 aliphatic heterocycles. The molecule has 7 nitrogen and oxygen atoms in total. The van der Waals surface area contributed by atoms with Crippen molar-refractivity contribution in [2.24, 2.45) is 0 Å². The third-order valence-corrected chi connectivity index (χ3v) is 7.86. The maximum Gasteiger partial charge on any atom is 0.289 e. The van der Waals surface area contributed by atoms with Gasteiger partial charge in [-0.3, -0.25) is 4.79 Å². The standard InChI is InChI=1S/C22H34ClN3O4SSi/c1-7-11-31-21-20(24-14-16-8-9-17(28-2)18(13-16)29-3)19(23)22(27)26(25-21)15-30-10-12-32(4,5)6/h8-9,13,24H,7,10-12,14-15H2,1-6H3. The van der Waals surface area contributed by atoms with Crippen molar-refractivity contribution in [1.29, 1.82) is 0 Å². The molecule has 0 unspecified atom stereocenters. The van der Waals surface area contributed by atoms with Gasteiger partial charge in [0.1, 0.15) is 16.8 Å². The quantitative estimate of drug-likeness (QED) is 0.226. The predicted molar refractivity (Wildman–Crippen MR) is 135 cm³/mol. The summed E-state index contributed by atoms with van der Waals surface area (Å²) < 4.78 is 17.7. The lowest BCUT2D eigenvalue weighted by atomic mass is 10.2. The van der Waals surface area contributed by atoms with Gasteiger partial charge < -0.3 is 19.5 Å². The van der Waals surface area contributed by atoms with Crippen LogP contribution in [0.15, 0.2) is 28.0 Å². The van der Waals surface area contributed by atoms with Crippen molar-refractivity contribution in [3.05, 3.63) is 39.1 Å². The summed E-state index contributed by atoms with van der Waals surface area (Å²) in [4.78, 5) is 12.8. The number of halogens is 1. The lowest BCUT2D eigenvalue weighted by Gasteiger charge is -2.17. The number of anilines is 1. The molecule has 32 heavy (non-hydrogen) atoms. The van der Waals surface area contributed by atoms with Crippen LogP contribution in [0.1, 0.15) is 18.9 Å². The Morgan fingerprint density at radius 1 is 1.19 bits per heavy atom. The monoisotopic (exact) mass is 499 g/mol. The average Bonchev–Trinajstić information content (AvgIpc) is 2.76. The number of nitrogens with zero attached hydrogens (tertiary/aromatic N) is 2. The van der Waals surface area contributed by atoms with Crippen molar-refractivity contribution < 1.29 is 14.2 Å². The molecule has 0 amide bonds. The summed E-state index contributed by atoms with van der Waals surface area (Å²) in [6, 6.07) is 6.69. The van der Waals surface area contributed by atoms with Gasteiger partial charge in [0.15, 0.2) is 11.5 Å². The second-order valence-electron chi connectivity index (χ2n) is 8.54. The minimum atomic E-state index is -1.20. The van der Waals surface area contributed by atoms with Crippen LogP contribution in [-0.2, 0) is 18.0 Å². The van der Waals surface area contributed by atoms with Crippen molar-refractivity contribution in [3.63, 3.8) is 0 Å². The molecule has 0 saturated heterocycles. The van der Waals surface area contributed by atoms with Crippen LogP contribution in [0.4, 0.5) is 5.69 Å². The highest BCUT2D eigenvalue weighted by atomic mass is 35.5. The highest BCUT2D eigenvalue weighted by molar-refractivity contribution is 7.99. The number of rotatable bonds is 13. The lowest BCUT2D eigenvalue weighted by Crippen LogP contribution is -2.28. The van der Waals surface area contributed by atoms with E-state index in [2.05, 4.69) is 37.0 Å². The zero-order valence-electron chi connectivity index (χ0n) is 19.8. The first kappa shape index (κ1) is 26.6. The fourth-order valence-corrected chi connectivity index (χ4v) is 4.71. The van der Waals surface area contributed by atoms with Crippen molar-refractivity contribution in [1.82, 2.24) is 9.78 Å². The molecule has 1 aromatic heterocycles. The molecule has 0 fully saturated rings. The minimum Gasteiger partial charge on any atom is -0.493 e. The molecule has 2 rings (SSSR count). The van der Waals surface area contributed by atoms with Gasteiger partial charge in [-0.1, -0.05) is 44.2 Å². The number of hydrogen-bond acceptors (Lipinski definition) is 7. The number of aromatic nitrogens is 2. The highest BCUT2D eigenvalue weighted by Gasteiger charge is 2.18. The normalized spacial score (nSPS) is 11.5. The maximum absolute atomic E-state index is 12.8. The fraction of sp³-hybridized carbons (Fsp3) is 0.545. The number of ether oxygens (including phenoxy) is 3. The van der Waals surface area contributed by atoms with Crippen LogP contribution in [0.5, 0.6) is 11.5 Å². The Hall–Kier alpha value is -1.68. The van der Waals surface area contributed by atoms with E-state index < -0.39 is 8.07 Å². The Morgan fingerprint density at radius 2 is 1.91 bits per heavy atom. The van der Waals surface area contributed by atoms with E-state index in [0.29, 0.717) is 35.4 Å². The summed E-state index contributed by atoms with van der Waals surface area (Å²) in [7, 11) is 1.99. The van der Waals surface area contributed by atoms with E-state index >= 15 is 0 Å². The summed E-state index contributed by atoms with van der Waals surface area (Å²) in [5, 5.41) is 8.63. The van der Waals surface area contributed by atoms with Crippen LogP contribution in [0.2, 0.25) is 30.7 Å². The number of nitrogens with one attached hydrogen (secondary N) is 1. The van der Waals surface area contributed by atoms with E-state index in [1.807, 2.05) is 18.2 Å². The number of hydrogen-bond donors (Lipinski definition) is 1.